The van der Waals surface area contributed by atoms with E-state index < -0.39 is 10.0 Å². The van der Waals surface area contributed by atoms with Gasteiger partial charge in [0.05, 0.1) is 7.57 Å². The molecular weight excluding hydrogens is 448 g/mol. The summed E-state index contributed by atoms with van der Waals surface area (Å²) < 4.78 is 28.8. The standard InChI is InChI=1S/C11H12Br2N2O2S3/c1-14-5-8-4-9(11(13)19-8)20(16,17)15-6-7-2-3-10(12)18-7/h2-4,14-15H,5-6H2,1H3. The van der Waals surface area contributed by atoms with Crippen LogP contribution in [-0.4, -0.2) is 15.5 Å². The van der Waals surface area contributed by atoms with Gasteiger partial charge < -0.3 is 5.32 Å². The number of halogens is 2. The predicted octanol–water partition coefficient (Wildman–Crippen LogP) is 3.53. The summed E-state index contributed by atoms with van der Waals surface area (Å²) in [6.07, 6.45) is 0. The van der Waals surface area contributed by atoms with Crippen molar-refractivity contribution < 1.29 is 8.42 Å². The highest BCUT2D eigenvalue weighted by Gasteiger charge is 2.20. The summed E-state index contributed by atoms with van der Waals surface area (Å²) >= 11 is 9.61. The number of thiophene rings is 2. The van der Waals surface area contributed by atoms with Crippen molar-refractivity contribution in [2.45, 2.75) is 18.0 Å². The molecule has 0 saturated heterocycles. The van der Waals surface area contributed by atoms with Crippen molar-refractivity contribution in [1.82, 2.24) is 10.0 Å². The molecule has 2 aromatic rings. The van der Waals surface area contributed by atoms with E-state index in [1.807, 2.05) is 19.2 Å². The summed E-state index contributed by atoms with van der Waals surface area (Å²) in [6.45, 7) is 0.943. The third-order valence-electron chi connectivity index (χ3n) is 2.41. The van der Waals surface area contributed by atoms with E-state index in [0.717, 1.165) is 13.5 Å². The summed E-state index contributed by atoms with van der Waals surface area (Å²) in [4.78, 5) is 2.23. The van der Waals surface area contributed by atoms with E-state index >= 15 is 0 Å². The zero-order valence-corrected chi connectivity index (χ0v) is 16.1. The normalized spacial score (nSPS) is 11.9. The van der Waals surface area contributed by atoms with Gasteiger partial charge in [0.1, 0.15) is 4.90 Å². The Morgan fingerprint density at radius 2 is 1.90 bits per heavy atom. The molecule has 0 aromatic carbocycles. The molecule has 0 atom stereocenters. The quantitative estimate of drug-likeness (QED) is 0.694. The molecule has 0 fully saturated rings. The molecule has 4 nitrogen and oxygen atoms in total. The van der Waals surface area contributed by atoms with E-state index in [9.17, 15) is 8.42 Å². The number of rotatable bonds is 6. The van der Waals surface area contributed by atoms with Crippen molar-refractivity contribution in [2.75, 3.05) is 7.05 Å². The number of hydrogen-bond acceptors (Lipinski definition) is 5. The Bertz CT molecular complexity index is 694. The largest absolute Gasteiger partial charge is 0.315 e. The fraction of sp³-hybridized carbons (Fsp3) is 0.273. The van der Waals surface area contributed by atoms with Crippen LogP contribution in [0.4, 0.5) is 0 Å². The summed E-state index contributed by atoms with van der Waals surface area (Å²) in [5.74, 6) is 0. The predicted molar refractivity (Wildman–Crippen MR) is 90.8 cm³/mol. The van der Waals surface area contributed by atoms with Crippen molar-refractivity contribution in [3.63, 3.8) is 0 Å². The lowest BCUT2D eigenvalue weighted by Crippen LogP contribution is -2.22. The lowest BCUT2D eigenvalue weighted by Gasteiger charge is -2.04. The molecule has 0 aliphatic rings. The molecule has 0 radical (unpaired) electrons. The van der Waals surface area contributed by atoms with Crippen LogP contribution < -0.4 is 10.0 Å². The van der Waals surface area contributed by atoms with E-state index in [4.69, 9.17) is 0 Å². The van der Waals surface area contributed by atoms with Gasteiger partial charge in [-0.05, 0) is 57.1 Å². The Morgan fingerprint density at radius 3 is 2.50 bits per heavy atom. The van der Waals surface area contributed by atoms with Crippen LogP contribution in [0.15, 0.2) is 30.7 Å². The maximum absolute atomic E-state index is 12.3. The minimum Gasteiger partial charge on any atom is -0.315 e. The van der Waals surface area contributed by atoms with E-state index in [0.29, 0.717) is 21.8 Å². The first kappa shape index (κ1) is 16.6. The van der Waals surface area contributed by atoms with E-state index in [1.54, 1.807) is 6.07 Å². The molecule has 2 heterocycles. The van der Waals surface area contributed by atoms with Crippen LogP contribution in [0.1, 0.15) is 9.75 Å². The topological polar surface area (TPSA) is 58.2 Å². The fourth-order valence-corrected chi connectivity index (χ4v) is 6.75. The molecule has 0 aliphatic heterocycles. The molecule has 0 aliphatic carbocycles. The Balaban J connectivity index is 2.13. The first-order valence-corrected chi connectivity index (χ1v) is 10.3. The lowest BCUT2D eigenvalue weighted by atomic mass is 10.5. The van der Waals surface area contributed by atoms with E-state index in [2.05, 4.69) is 41.9 Å². The van der Waals surface area contributed by atoms with Gasteiger partial charge in [0.2, 0.25) is 10.0 Å². The monoisotopic (exact) mass is 458 g/mol. The van der Waals surface area contributed by atoms with Crippen LogP contribution in [0.2, 0.25) is 0 Å². The molecule has 0 unspecified atom stereocenters. The zero-order chi connectivity index (χ0) is 14.8. The minimum atomic E-state index is -3.50. The van der Waals surface area contributed by atoms with Gasteiger partial charge >= 0.3 is 0 Å². The van der Waals surface area contributed by atoms with Gasteiger partial charge in [0, 0.05) is 22.8 Å². The van der Waals surface area contributed by atoms with Gasteiger partial charge in [0.25, 0.3) is 0 Å². The maximum Gasteiger partial charge on any atom is 0.242 e. The molecule has 0 saturated carbocycles. The van der Waals surface area contributed by atoms with Crippen molar-refractivity contribution in [3.05, 3.63) is 35.5 Å². The third-order valence-corrected chi connectivity index (χ3v) is 7.69. The zero-order valence-electron chi connectivity index (χ0n) is 10.4. The molecule has 110 valence electrons. The molecule has 2 aromatic heterocycles. The van der Waals surface area contributed by atoms with Crippen LogP contribution in [0.25, 0.3) is 0 Å². The Labute approximate surface area is 142 Å². The number of hydrogen-bond donors (Lipinski definition) is 2. The van der Waals surface area contributed by atoms with Crippen LogP contribution >= 0.6 is 54.5 Å². The molecular formula is C11H12Br2N2O2S3. The van der Waals surface area contributed by atoms with Crippen molar-refractivity contribution in [1.29, 1.82) is 0 Å². The lowest BCUT2D eigenvalue weighted by molar-refractivity contribution is 0.581. The molecule has 0 spiro atoms. The second-order valence-electron chi connectivity index (χ2n) is 3.91. The molecule has 2 N–H and O–H groups in total. The molecule has 2 rings (SSSR count). The van der Waals surface area contributed by atoms with Crippen LogP contribution in [0.3, 0.4) is 0 Å². The number of nitrogens with one attached hydrogen (secondary N) is 2. The van der Waals surface area contributed by atoms with Crippen LogP contribution in [0, 0.1) is 0 Å². The summed E-state index contributed by atoms with van der Waals surface area (Å²) in [7, 11) is -1.67. The SMILES string of the molecule is CNCc1cc(S(=O)(=O)NCc2ccc(Br)s2)c(Br)s1. The highest BCUT2D eigenvalue weighted by Crippen LogP contribution is 2.32. The fourth-order valence-electron chi connectivity index (χ4n) is 1.53. The maximum atomic E-state index is 12.3. The average Bonchev–Trinajstić information content (AvgIpc) is 2.94. The van der Waals surface area contributed by atoms with E-state index in [1.165, 1.54) is 22.7 Å². The summed E-state index contributed by atoms with van der Waals surface area (Å²) in [5, 5.41) is 3.01. The third kappa shape index (κ3) is 4.12. The smallest absolute Gasteiger partial charge is 0.242 e. The average molecular weight is 460 g/mol. The second-order valence-corrected chi connectivity index (χ2v) is 10.6. The van der Waals surface area contributed by atoms with E-state index in [-0.39, 0.29) is 0 Å². The first-order chi connectivity index (χ1) is 9.42. The van der Waals surface area contributed by atoms with Crippen molar-refractivity contribution in [2.24, 2.45) is 0 Å². The van der Waals surface area contributed by atoms with Gasteiger partial charge in [-0.25, -0.2) is 13.1 Å². The van der Waals surface area contributed by atoms with Gasteiger partial charge in [0.15, 0.2) is 0 Å². The van der Waals surface area contributed by atoms with Crippen molar-refractivity contribution in [3.8, 4) is 0 Å². The van der Waals surface area contributed by atoms with Crippen LogP contribution in [-0.2, 0) is 23.1 Å². The number of sulfonamides is 1. The van der Waals surface area contributed by atoms with Crippen LogP contribution in [0.5, 0.6) is 0 Å². The Morgan fingerprint density at radius 1 is 1.15 bits per heavy atom. The Hall–Kier alpha value is 0.230. The summed E-state index contributed by atoms with van der Waals surface area (Å²) in [5.41, 5.74) is 0. The molecule has 0 bridgehead atoms. The van der Waals surface area contributed by atoms with Gasteiger partial charge in [-0.2, -0.15) is 0 Å². The summed E-state index contributed by atoms with van der Waals surface area (Å²) in [6, 6.07) is 5.49. The highest BCUT2D eigenvalue weighted by atomic mass is 79.9. The van der Waals surface area contributed by atoms with Gasteiger partial charge in [-0.15, -0.1) is 22.7 Å². The van der Waals surface area contributed by atoms with Gasteiger partial charge in [-0.1, -0.05) is 0 Å². The highest BCUT2D eigenvalue weighted by molar-refractivity contribution is 9.11. The molecule has 9 heteroatoms. The molecule has 0 amide bonds. The Kier molecular flexibility index (Phi) is 5.80. The molecule has 20 heavy (non-hydrogen) atoms. The van der Waals surface area contributed by atoms with Crippen molar-refractivity contribution >= 4 is 64.6 Å². The second kappa shape index (κ2) is 6.99. The first-order valence-electron chi connectivity index (χ1n) is 5.59. The van der Waals surface area contributed by atoms with Gasteiger partial charge in [-0.3, -0.25) is 0 Å². The minimum absolute atomic E-state index is 0.294.